The van der Waals surface area contributed by atoms with Gasteiger partial charge in [-0.2, -0.15) is 0 Å². The molecule has 2 amide bonds. The number of para-hydroxylation sites is 1. The standard InChI is InChI=1S/C18H23N3O3/c1-3-24-17(22)14-10-19-18(23)20-15(14)11-21-12(2)8-9-13-6-4-5-7-16(13)21/h4-7,12H,3,8-11H2,1-2H3,(H2,19,20,23). The predicted octanol–water partition coefficient (Wildman–Crippen LogP) is 1.96. The number of hydrogen-bond donors (Lipinski definition) is 2. The number of nitrogens with zero attached hydrogens (tertiary/aromatic N) is 1. The van der Waals surface area contributed by atoms with Gasteiger partial charge in [0, 0.05) is 11.7 Å². The maximum Gasteiger partial charge on any atom is 0.337 e. The van der Waals surface area contributed by atoms with E-state index >= 15 is 0 Å². The fraction of sp³-hybridized carbons (Fsp3) is 0.444. The van der Waals surface area contributed by atoms with Gasteiger partial charge >= 0.3 is 12.0 Å². The molecule has 3 rings (SSSR count). The Morgan fingerprint density at radius 2 is 2.17 bits per heavy atom. The van der Waals surface area contributed by atoms with E-state index in [-0.39, 0.29) is 18.5 Å². The largest absolute Gasteiger partial charge is 0.463 e. The summed E-state index contributed by atoms with van der Waals surface area (Å²) in [5, 5.41) is 5.43. The van der Waals surface area contributed by atoms with Crippen LogP contribution >= 0.6 is 0 Å². The van der Waals surface area contributed by atoms with Crippen LogP contribution in [0.2, 0.25) is 0 Å². The number of carbonyl (C=O) groups excluding carboxylic acids is 2. The average molecular weight is 329 g/mol. The second-order valence-electron chi connectivity index (χ2n) is 6.13. The molecular weight excluding hydrogens is 306 g/mol. The third-order valence-corrected chi connectivity index (χ3v) is 4.57. The van der Waals surface area contributed by atoms with Gasteiger partial charge in [-0.25, -0.2) is 9.59 Å². The summed E-state index contributed by atoms with van der Waals surface area (Å²) in [6.45, 7) is 4.94. The third kappa shape index (κ3) is 3.22. The molecule has 6 heteroatoms. The number of ether oxygens (including phenoxy) is 1. The van der Waals surface area contributed by atoms with Crippen LogP contribution in [0.1, 0.15) is 25.8 Å². The highest BCUT2D eigenvalue weighted by molar-refractivity contribution is 5.93. The molecule has 0 saturated heterocycles. The summed E-state index contributed by atoms with van der Waals surface area (Å²) in [5.74, 6) is -0.377. The van der Waals surface area contributed by atoms with Crippen LogP contribution in [0.15, 0.2) is 35.5 Å². The lowest BCUT2D eigenvalue weighted by Crippen LogP contribution is -2.49. The summed E-state index contributed by atoms with van der Waals surface area (Å²) < 4.78 is 5.13. The minimum absolute atomic E-state index is 0.198. The Morgan fingerprint density at radius 3 is 2.96 bits per heavy atom. The Kier molecular flexibility index (Phi) is 4.74. The highest BCUT2D eigenvalue weighted by atomic mass is 16.5. The molecule has 6 nitrogen and oxygen atoms in total. The number of nitrogens with one attached hydrogen (secondary N) is 2. The SMILES string of the molecule is CCOC(=O)C1=C(CN2c3ccccc3CCC2C)NC(=O)NC1. The fourth-order valence-corrected chi connectivity index (χ4v) is 3.25. The molecule has 1 aromatic rings. The van der Waals surface area contributed by atoms with Crippen molar-refractivity contribution >= 4 is 17.7 Å². The number of hydrogen-bond acceptors (Lipinski definition) is 4. The minimum Gasteiger partial charge on any atom is -0.463 e. The molecule has 2 aliphatic rings. The zero-order valence-corrected chi connectivity index (χ0v) is 14.1. The number of urea groups is 1. The molecular formula is C18H23N3O3. The Balaban J connectivity index is 1.92. The molecule has 24 heavy (non-hydrogen) atoms. The van der Waals surface area contributed by atoms with Crippen molar-refractivity contribution in [3.8, 4) is 0 Å². The van der Waals surface area contributed by atoms with Gasteiger partial charge in [0.2, 0.25) is 0 Å². The van der Waals surface area contributed by atoms with E-state index in [1.54, 1.807) is 6.92 Å². The van der Waals surface area contributed by atoms with Crippen LogP contribution in [0.3, 0.4) is 0 Å². The lowest BCUT2D eigenvalue weighted by Gasteiger charge is -2.38. The van der Waals surface area contributed by atoms with Gasteiger partial charge in [0.15, 0.2) is 0 Å². The summed E-state index contributed by atoms with van der Waals surface area (Å²) in [5.41, 5.74) is 3.58. The van der Waals surface area contributed by atoms with Gasteiger partial charge in [0.05, 0.1) is 31.0 Å². The molecule has 128 valence electrons. The molecule has 0 spiro atoms. The Hall–Kier alpha value is -2.50. The van der Waals surface area contributed by atoms with Crippen molar-refractivity contribution in [1.82, 2.24) is 10.6 Å². The van der Waals surface area contributed by atoms with Gasteiger partial charge in [-0.05, 0) is 38.3 Å². The smallest absolute Gasteiger partial charge is 0.337 e. The van der Waals surface area contributed by atoms with E-state index in [2.05, 4.69) is 34.6 Å². The van der Waals surface area contributed by atoms with Crippen LogP contribution in [-0.4, -0.2) is 37.7 Å². The summed E-state index contributed by atoms with van der Waals surface area (Å²) >= 11 is 0. The van der Waals surface area contributed by atoms with E-state index in [4.69, 9.17) is 4.74 Å². The van der Waals surface area contributed by atoms with Crippen LogP contribution < -0.4 is 15.5 Å². The zero-order valence-electron chi connectivity index (χ0n) is 14.1. The van der Waals surface area contributed by atoms with Crippen LogP contribution in [0.25, 0.3) is 0 Å². The maximum absolute atomic E-state index is 12.2. The maximum atomic E-state index is 12.2. The number of aryl methyl sites for hydroxylation is 1. The van der Waals surface area contributed by atoms with Gasteiger partial charge in [-0.1, -0.05) is 18.2 Å². The molecule has 0 aromatic heterocycles. The molecule has 2 aliphatic heterocycles. The number of esters is 1. The van der Waals surface area contributed by atoms with E-state index in [9.17, 15) is 9.59 Å². The quantitative estimate of drug-likeness (QED) is 0.829. The normalized spacial score (nSPS) is 20.2. The van der Waals surface area contributed by atoms with Gasteiger partial charge in [-0.15, -0.1) is 0 Å². The fourth-order valence-electron chi connectivity index (χ4n) is 3.25. The monoisotopic (exact) mass is 329 g/mol. The van der Waals surface area contributed by atoms with Gasteiger partial charge < -0.3 is 20.3 Å². The molecule has 0 fully saturated rings. The molecule has 2 heterocycles. The number of rotatable bonds is 4. The second-order valence-corrected chi connectivity index (χ2v) is 6.13. The zero-order chi connectivity index (χ0) is 17.1. The highest BCUT2D eigenvalue weighted by Crippen LogP contribution is 2.31. The Morgan fingerprint density at radius 1 is 1.38 bits per heavy atom. The first-order valence-electron chi connectivity index (χ1n) is 8.38. The molecule has 2 N–H and O–H groups in total. The Labute approximate surface area is 141 Å². The van der Waals surface area contributed by atoms with E-state index in [1.807, 2.05) is 12.1 Å². The van der Waals surface area contributed by atoms with Crippen molar-refractivity contribution in [3.05, 3.63) is 41.1 Å². The molecule has 1 atom stereocenters. The van der Waals surface area contributed by atoms with Crippen molar-refractivity contribution in [3.63, 3.8) is 0 Å². The van der Waals surface area contributed by atoms with Gasteiger partial charge in [0.1, 0.15) is 0 Å². The van der Waals surface area contributed by atoms with E-state index < -0.39 is 0 Å². The molecule has 1 unspecified atom stereocenters. The lowest BCUT2D eigenvalue weighted by molar-refractivity contribution is -0.138. The summed E-state index contributed by atoms with van der Waals surface area (Å²) in [4.78, 5) is 26.2. The number of fused-ring (bicyclic) bond motifs is 1. The van der Waals surface area contributed by atoms with Crippen LogP contribution in [0.5, 0.6) is 0 Å². The summed E-state index contributed by atoms with van der Waals surface area (Å²) in [6.07, 6.45) is 2.09. The highest BCUT2D eigenvalue weighted by Gasteiger charge is 2.29. The number of amides is 2. The molecule has 0 bridgehead atoms. The summed E-state index contributed by atoms with van der Waals surface area (Å²) in [7, 11) is 0. The predicted molar refractivity (Wildman–Crippen MR) is 91.8 cm³/mol. The van der Waals surface area contributed by atoms with Crippen molar-refractivity contribution < 1.29 is 14.3 Å². The van der Waals surface area contributed by atoms with Crippen LogP contribution in [0, 0.1) is 0 Å². The number of anilines is 1. The second kappa shape index (κ2) is 6.95. The molecule has 1 aromatic carbocycles. The first-order valence-corrected chi connectivity index (χ1v) is 8.38. The van der Waals surface area contributed by atoms with Crippen molar-refractivity contribution in [2.45, 2.75) is 32.7 Å². The first kappa shape index (κ1) is 16.4. The number of benzene rings is 1. The van der Waals surface area contributed by atoms with Gasteiger partial charge in [-0.3, -0.25) is 0 Å². The van der Waals surface area contributed by atoms with Gasteiger partial charge in [0.25, 0.3) is 0 Å². The molecule has 0 aliphatic carbocycles. The van der Waals surface area contributed by atoms with E-state index in [1.165, 1.54) is 11.3 Å². The lowest BCUT2D eigenvalue weighted by atomic mass is 9.96. The van der Waals surface area contributed by atoms with Crippen LogP contribution in [-0.2, 0) is 16.0 Å². The Bertz CT molecular complexity index is 684. The summed E-state index contributed by atoms with van der Waals surface area (Å²) in [6, 6.07) is 8.35. The molecule has 0 radical (unpaired) electrons. The minimum atomic E-state index is -0.377. The van der Waals surface area contributed by atoms with Crippen LogP contribution in [0.4, 0.5) is 10.5 Å². The van der Waals surface area contributed by atoms with Crippen molar-refractivity contribution in [2.24, 2.45) is 0 Å². The molecule has 0 saturated carbocycles. The van der Waals surface area contributed by atoms with E-state index in [0.29, 0.717) is 30.5 Å². The average Bonchev–Trinajstić information content (AvgIpc) is 2.58. The topological polar surface area (TPSA) is 70.7 Å². The van der Waals surface area contributed by atoms with Crippen molar-refractivity contribution in [1.29, 1.82) is 0 Å². The first-order chi connectivity index (χ1) is 11.6. The van der Waals surface area contributed by atoms with E-state index in [0.717, 1.165) is 12.8 Å². The third-order valence-electron chi connectivity index (χ3n) is 4.57. The number of carbonyl (C=O) groups is 2. The van der Waals surface area contributed by atoms with Crippen molar-refractivity contribution in [2.75, 3.05) is 24.6 Å².